The smallest absolute Gasteiger partial charge is 0.250 e. The number of carbonyl (C=O) groups excluding carboxylic acids is 1. The fourth-order valence-corrected chi connectivity index (χ4v) is 4.20. The van der Waals surface area contributed by atoms with Crippen molar-refractivity contribution in [1.82, 2.24) is 9.47 Å². The Morgan fingerprint density at radius 2 is 1.88 bits per heavy atom. The van der Waals surface area contributed by atoms with Gasteiger partial charge >= 0.3 is 0 Å². The third-order valence-electron chi connectivity index (χ3n) is 5.07. The molecule has 4 rings (SSSR count). The second kappa shape index (κ2) is 6.64. The molecule has 2 atom stereocenters. The maximum atomic E-state index is 12.3. The molecule has 2 bridgehead atoms. The summed E-state index contributed by atoms with van der Waals surface area (Å²) in [5.41, 5.74) is 1.91. The molecule has 0 saturated carbocycles. The van der Waals surface area contributed by atoms with E-state index in [0.29, 0.717) is 17.4 Å². The monoisotopic (exact) mass is 398 g/mol. The van der Waals surface area contributed by atoms with Crippen molar-refractivity contribution in [3.63, 3.8) is 0 Å². The lowest BCUT2D eigenvalue weighted by Crippen LogP contribution is -2.45. The van der Waals surface area contributed by atoms with Gasteiger partial charge in [-0.15, -0.1) is 0 Å². The van der Waals surface area contributed by atoms with Gasteiger partial charge in [-0.2, -0.15) is 0 Å². The van der Waals surface area contributed by atoms with Gasteiger partial charge in [0.05, 0.1) is 0 Å². The van der Waals surface area contributed by atoms with Crippen LogP contribution in [0.1, 0.15) is 28.4 Å². The standard InChI is InChI=1S/C20H19BrN2O2/c21-17-6-4-15(5-7-17)19(24)8-9-22-11-14-10-16(13-22)18-2-1-3-20(25)23(18)12-14/h1-9,14,16H,10-13H2/t14-,16-/m0/s1. The maximum Gasteiger partial charge on any atom is 0.250 e. The van der Waals surface area contributed by atoms with Crippen molar-refractivity contribution >= 4 is 21.7 Å². The van der Waals surface area contributed by atoms with Gasteiger partial charge < -0.3 is 9.47 Å². The molecule has 25 heavy (non-hydrogen) atoms. The number of rotatable bonds is 3. The molecule has 0 unspecified atom stereocenters. The van der Waals surface area contributed by atoms with Crippen molar-refractivity contribution in [2.24, 2.45) is 5.92 Å². The quantitative estimate of drug-likeness (QED) is 0.587. The third-order valence-corrected chi connectivity index (χ3v) is 5.60. The predicted octanol–water partition coefficient (Wildman–Crippen LogP) is 3.43. The molecule has 1 aromatic carbocycles. The Morgan fingerprint density at radius 3 is 2.68 bits per heavy atom. The van der Waals surface area contributed by atoms with Crippen molar-refractivity contribution in [3.8, 4) is 0 Å². The topological polar surface area (TPSA) is 42.3 Å². The van der Waals surface area contributed by atoms with E-state index in [0.717, 1.165) is 36.2 Å². The normalized spacial score (nSPS) is 22.0. The van der Waals surface area contributed by atoms with Gasteiger partial charge in [0.1, 0.15) is 0 Å². The lowest BCUT2D eigenvalue weighted by Gasteiger charge is -2.42. The zero-order chi connectivity index (χ0) is 17.4. The van der Waals surface area contributed by atoms with E-state index in [4.69, 9.17) is 0 Å². The number of pyridine rings is 1. The summed E-state index contributed by atoms with van der Waals surface area (Å²) in [5.74, 6) is 0.826. The molecule has 0 radical (unpaired) electrons. The Balaban J connectivity index is 1.50. The van der Waals surface area contributed by atoms with Gasteiger partial charge in [-0.05, 0) is 42.7 Å². The van der Waals surface area contributed by atoms with Crippen LogP contribution in [0, 0.1) is 5.92 Å². The van der Waals surface area contributed by atoms with Crippen molar-refractivity contribution in [2.75, 3.05) is 13.1 Å². The number of halogens is 1. The SMILES string of the molecule is O=C(C=CN1C[C@@H]2C[C@@H](C1)c1cccc(=O)n1C2)c1ccc(Br)cc1. The Morgan fingerprint density at radius 1 is 1.08 bits per heavy atom. The second-order valence-corrected chi connectivity index (χ2v) is 7.75. The molecule has 0 spiro atoms. The Hall–Kier alpha value is -2.14. The molecule has 128 valence electrons. The molecule has 5 heteroatoms. The molecule has 3 heterocycles. The van der Waals surface area contributed by atoms with Crippen molar-refractivity contribution < 1.29 is 4.79 Å². The van der Waals surface area contributed by atoms with Crippen LogP contribution in [0.5, 0.6) is 0 Å². The minimum Gasteiger partial charge on any atom is -0.376 e. The molecule has 0 aliphatic carbocycles. The van der Waals surface area contributed by atoms with E-state index >= 15 is 0 Å². The first kappa shape index (κ1) is 16.3. The number of nitrogens with zero attached hydrogens (tertiary/aromatic N) is 2. The number of fused-ring (bicyclic) bond motifs is 4. The molecule has 2 aliphatic heterocycles. The molecule has 0 amide bonds. The zero-order valence-corrected chi connectivity index (χ0v) is 15.4. The molecular weight excluding hydrogens is 380 g/mol. The summed E-state index contributed by atoms with van der Waals surface area (Å²) in [6, 6.07) is 12.9. The number of aromatic nitrogens is 1. The summed E-state index contributed by atoms with van der Waals surface area (Å²) in [6.07, 6.45) is 4.69. The fourth-order valence-electron chi connectivity index (χ4n) is 3.94. The van der Waals surface area contributed by atoms with E-state index < -0.39 is 0 Å². The molecular formula is C20H19BrN2O2. The van der Waals surface area contributed by atoms with Crippen LogP contribution in [0.3, 0.4) is 0 Å². The highest BCUT2D eigenvalue weighted by Gasteiger charge is 2.33. The van der Waals surface area contributed by atoms with Gasteiger partial charge in [0, 0.05) is 59.6 Å². The van der Waals surface area contributed by atoms with Crippen LogP contribution in [0.25, 0.3) is 0 Å². The zero-order valence-electron chi connectivity index (χ0n) is 13.8. The molecule has 1 saturated heterocycles. The first-order chi connectivity index (χ1) is 12.1. The highest BCUT2D eigenvalue weighted by Crippen LogP contribution is 2.34. The molecule has 0 N–H and O–H groups in total. The van der Waals surface area contributed by atoms with E-state index in [-0.39, 0.29) is 11.3 Å². The first-order valence-corrected chi connectivity index (χ1v) is 9.31. The van der Waals surface area contributed by atoms with E-state index in [1.165, 1.54) is 0 Å². The predicted molar refractivity (Wildman–Crippen MR) is 101 cm³/mol. The number of ketones is 1. The molecule has 1 aromatic heterocycles. The number of piperidine rings is 1. The van der Waals surface area contributed by atoms with Gasteiger partial charge in [0.25, 0.3) is 5.56 Å². The van der Waals surface area contributed by atoms with Crippen LogP contribution in [-0.2, 0) is 6.54 Å². The van der Waals surface area contributed by atoms with Crippen molar-refractivity contribution in [2.45, 2.75) is 18.9 Å². The lowest BCUT2D eigenvalue weighted by atomic mass is 9.83. The summed E-state index contributed by atoms with van der Waals surface area (Å²) >= 11 is 3.38. The highest BCUT2D eigenvalue weighted by atomic mass is 79.9. The Labute approximate surface area is 154 Å². The number of benzene rings is 1. The summed E-state index contributed by atoms with van der Waals surface area (Å²) in [7, 11) is 0. The minimum absolute atomic E-state index is 0.0138. The van der Waals surface area contributed by atoms with Crippen LogP contribution in [-0.4, -0.2) is 28.3 Å². The Kier molecular flexibility index (Phi) is 4.34. The fraction of sp³-hybridized carbons (Fsp3) is 0.300. The van der Waals surface area contributed by atoms with Gasteiger partial charge in [0.2, 0.25) is 0 Å². The maximum absolute atomic E-state index is 12.3. The minimum atomic E-state index is 0.0138. The lowest BCUT2D eigenvalue weighted by molar-refractivity contribution is 0.104. The summed E-state index contributed by atoms with van der Waals surface area (Å²) < 4.78 is 2.89. The van der Waals surface area contributed by atoms with Gasteiger partial charge in [-0.3, -0.25) is 9.59 Å². The van der Waals surface area contributed by atoms with Crippen LogP contribution >= 0.6 is 15.9 Å². The Bertz CT molecular complexity index is 885. The molecule has 1 fully saturated rings. The first-order valence-electron chi connectivity index (χ1n) is 8.52. The number of allylic oxidation sites excluding steroid dienone is 1. The highest BCUT2D eigenvalue weighted by molar-refractivity contribution is 9.10. The average molecular weight is 399 g/mol. The van der Waals surface area contributed by atoms with E-state index in [2.05, 4.69) is 26.9 Å². The largest absolute Gasteiger partial charge is 0.376 e. The van der Waals surface area contributed by atoms with Gasteiger partial charge in [-0.1, -0.05) is 22.0 Å². The molecule has 4 nitrogen and oxygen atoms in total. The number of hydrogen-bond donors (Lipinski definition) is 0. The molecule has 2 aromatic rings. The second-order valence-electron chi connectivity index (χ2n) is 6.84. The van der Waals surface area contributed by atoms with Crippen molar-refractivity contribution in [3.05, 3.63) is 80.8 Å². The number of carbonyl (C=O) groups is 1. The van der Waals surface area contributed by atoms with E-state index in [1.807, 2.05) is 41.1 Å². The molecule has 2 aliphatic rings. The summed E-state index contributed by atoms with van der Waals surface area (Å²) in [4.78, 5) is 26.6. The van der Waals surface area contributed by atoms with Crippen LogP contribution in [0.15, 0.2) is 64.0 Å². The van der Waals surface area contributed by atoms with Crippen molar-refractivity contribution in [1.29, 1.82) is 0 Å². The van der Waals surface area contributed by atoms with Crippen LogP contribution in [0.4, 0.5) is 0 Å². The number of hydrogen-bond acceptors (Lipinski definition) is 3. The summed E-state index contributed by atoms with van der Waals surface area (Å²) in [5, 5.41) is 0. The van der Waals surface area contributed by atoms with Gasteiger partial charge in [-0.25, -0.2) is 0 Å². The summed E-state index contributed by atoms with van der Waals surface area (Å²) in [6.45, 7) is 2.52. The van der Waals surface area contributed by atoms with Crippen LogP contribution < -0.4 is 5.56 Å². The van der Waals surface area contributed by atoms with E-state index in [1.54, 1.807) is 12.1 Å². The van der Waals surface area contributed by atoms with Crippen LogP contribution in [0.2, 0.25) is 0 Å². The van der Waals surface area contributed by atoms with Gasteiger partial charge in [0.15, 0.2) is 5.78 Å². The van der Waals surface area contributed by atoms with E-state index in [9.17, 15) is 9.59 Å². The number of likely N-dealkylation sites (tertiary alicyclic amines) is 1. The average Bonchev–Trinajstić information content (AvgIpc) is 2.61. The third kappa shape index (κ3) is 3.33.